The van der Waals surface area contributed by atoms with Gasteiger partial charge < -0.3 is 9.47 Å². The van der Waals surface area contributed by atoms with Gasteiger partial charge in [0.1, 0.15) is 21.6 Å². The average Bonchev–Trinajstić information content (AvgIpc) is 3.16. The molecule has 0 spiro atoms. The molecule has 0 bridgehead atoms. The molecule has 0 unspecified atom stereocenters. The molecule has 13 heteroatoms. The van der Waals surface area contributed by atoms with Crippen LogP contribution in [0, 0.1) is 0 Å². The van der Waals surface area contributed by atoms with E-state index < -0.39 is 64.2 Å². The second kappa shape index (κ2) is 12.2. The van der Waals surface area contributed by atoms with Crippen molar-refractivity contribution in [2.75, 3.05) is 18.6 Å². The maximum atomic E-state index is 13.0. The molecule has 0 radical (unpaired) electrons. The Kier molecular flexibility index (Phi) is 8.91. The minimum Gasteiger partial charge on any atom is -0.456 e. The highest BCUT2D eigenvalue weighted by Crippen LogP contribution is 2.33. The molecule has 1 heterocycles. The van der Waals surface area contributed by atoms with E-state index in [9.17, 15) is 32.4 Å². The monoisotopic (exact) mass is 617 g/mol. The number of carbonyl (C=O) groups is 5. The van der Waals surface area contributed by atoms with E-state index in [2.05, 4.69) is 0 Å². The number of benzene rings is 3. The summed E-state index contributed by atoms with van der Waals surface area (Å²) in [6.45, 7) is -0.766. The third-order valence-electron chi connectivity index (χ3n) is 6.05. The van der Waals surface area contributed by atoms with Gasteiger partial charge in [-0.2, -0.15) is 0 Å². The van der Waals surface area contributed by atoms with E-state index in [1.807, 2.05) is 0 Å². The summed E-state index contributed by atoms with van der Waals surface area (Å²) in [7, 11) is -3.60. The Morgan fingerprint density at radius 2 is 1.41 bits per heavy atom. The van der Waals surface area contributed by atoms with Crippen molar-refractivity contribution in [3.05, 3.63) is 99.0 Å². The first-order valence-corrected chi connectivity index (χ1v) is 14.8. The number of esters is 2. The van der Waals surface area contributed by atoms with Crippen molar-refractivity contribution in [2.24, 2.45) is 0 Å². The van der Waals surface area contributed by atoms with E-state index in [4.69, 9.17) is 32.7 Å². The predicted octanol–water partition coefficient (Wildman–Crippen LogP) is 4.04. The Labute approximate surface area is 244 Å². The highest BCUT2D eigenvalue weighted by molar-refractivity contribution is 7.90. The van der Waals surface area contributed by atoms with Gasteiger partial charge in [-0.25, -0.2) is 18.0 Å². The lowest BCUT2D eigenvalue weighted by Crippen LogP contribution is -2.46. The molecule has 0 N–H and O–H groups in total. The van der Waals surface area contributed by atoms with Crippen molar-refractivity contribution in [3.63, 3.8) is 0 Å². The number of sulfone groups is 1. The summed E-state index contributed by atoms with van der Waals surface area (Å²) in [5.74, 6) is -4.50. The lowest BCUT2D eigenvalue weighted by Gasteiger charge is -2.24. The molecule has 10 nitrogen and oxygen atoms in total. The van der Waals surface area contributed by atoms with Gasteiger partial charge in [-0.15, -0.1) is 0 Å². The number of hydrogen-bond acceptors (Lipinski definition) is 9. The number of Topliss-reactive ketones (excluding diaryl/α,β-unsaturated/α-hetero) is 1. The van der Waals surface area contributed by atoms with Crippen LogP contribution < -0.4 is 4.74 Å². The lowest BCUT2D eigenvalue weighted by molar-refractivity contribution is -0.147. The number of halogens is 2. The molecule has 0 saturated heterocycles. The fourth-order valence-corrected chi connectivity index (χ4v) is 4.96. The smallest absolute Gasteiger partial charge is 0.343 e. The number of nitrogens with zero attached hydrogens (tertiary/aromatic N) is 1. The van der Waals surface area contributed by atoms with Gasteiger partial charge >= 0.3 is 11.9 Å². The predicted molar refractivity (Wildman–Crippen MR) is 148 cm³/mol. The third kappa shape index (κ3) is 6.99. The summed E-state index contributed by atoms with van der Waals surface area (Å²) in [5, 5.41) is 0.0188. The Balaban J connectivity index is 1.45. The zero-order chi connectivity index (χ0) is 29.9. The first-order valence-electron chi connectivity index (χ1n) is 12.0. The number of hydrogen-bond donors (Lipinski definition) is 0. The van der Waals surface area contributed by atoms with E-state index in [-0.39, 0.29) is 32.5 Å². The SMILES string of the molecule is CS(=O)(=O)CC[C@H](C(=O)OCC(=O)c1ccc(OC(=O)c2ccccc2)cc1)N1C(=O)c2cc(Cl)c(Cl)cc2C1=O. The van der Waals surface area contributed by atoms with Crippen LogP contribution in [-0.2, 0) is 19.4 Å². The van der Waals surface area contributed by atoms with Crippen LogP contribution in [0.2, 0.25) is 10.0 Å². The highest BCUT2D eigenvalue weighted by atomic mass is 35.5. The van der Waals surface area contributed by atoms with Crippen molar-refractivity contribution in [3.8, 4) is 5.75 Å². The summed E-state index contributed by atoms with van der Waals surface area (Å²) in [6, 6.07) is 14.5. The summed E-state index contributed by atoms with van der Waals surface area (Å²) in [4.78, 5) is 64.6. The van der Waals surface area contributed by atoms with E-state index in [1.54, 1.807) is 30.3 Å². The van der Waals surface area contributed by atoms with Gasteiger partial charge in [-0.05, 0) is 55.0 Å². The molecule has 0 aliphatic carbocycles. The second-order valence-electron chi connectivity index (χ2n) is 9.04. The molecular weight excluding hydrogens is 597 g/mol. The molecular formula is C28H21Cl2NO9S. The van der Waals surface area contributed by atoms with E-state index >= 15 is 0 Å². The lowest BCUT2D eigenvalue weighted by atomic mass is 10.1. The van der Waals surface area contributed by atoms with E-state index in [0.717, 1.165) is 6.26 Å². The molecule has 3 aromatic rings. The minimum absolute atomic E-state index is 0.00938. The van der Waals surface area contributed by atoms with E-state index in [1.165, 1.54) is 36.4 Å². The third-order valence-corrected chi connectivity index (χ3v) is 7.75. The van der Waals surface area contributed by atoms with Crippen molar-refractivity contribution in [1.29, 1.82) is 0 Å². The Bertz CT molecular complexity index is 1610. The van der Waals surface area contributed by atoms with Crippen molar-refractivity contribution in [1.82, 2.24) is 4.90 Å². The molecule has 0 aromatic heterocycles. The van der Waals surface area contributed by atoms with Crippen molar-refractivity contribution < 1.29 is 41.9 Å². The number of imide groups is 1. The maximum absolute atomic E-state index is 13.0. The van der Waals surface area contributed by atoms with Crippen LogP contribution in [0.4, 0.5) is 0 Å². The number of fused-ring (bicyclic) bond motifs is 1. The van der Waals surface area contributed by atoms with Crippen molar-refractivity contribution >= 4 is 62.6 Å². The van der Waals surface area contributed by atoms with Crippen LogP contribution in [0.3, 0.4) is 0 Å². The zero-order valence-corrected chi connectivity index (χ0v) is 23.7. The summed E-state index contributed by atoms with van der Waals surface area (Å²) < 4.78 is 34.0. The molecule has 41 heavy (non-hydrogen) atoms. The van der Waals surface area contributed by atoms with Gasteiger partial charge in [0, 0.05) is 11.8 Å². The number of ketones is 1. The summed E-state index contributed by atoms with van der Waals surface area (Å²) in [5.41, 5.74) is 0.251. The molecule has 0 saturated carbocycles. The molecule has 1 aliphatic rings. The minimum atomic E-state index is -3.60. The van der Waals surface area contributed by atoms with Crippen LogP contribution in [0.15, 0.2) is 66.7 Å². The van der Waals surface area contributed by atoms with Crippen LogP contribution >= 0.6 is 23.2 Å². The van der Waals surface area contributed by atoms with Gasteiger partial charge in [0.2, 0.25) is 0 Å². The Hall–Kier alpha value is -4.06. The van der Waals surface area contributed by atoms with Gasteiger partial charge in [0.15, 0.2) is 12.4 Å². The first kappa shape index (κ1) is 29.9. The van der Waals surface area contributed by atoms with Gasteiger partial charge in [0.05, 0.1) is 32.5 Å². The summed E-state index contributed by atoms with van der Waals surface area (Å²) in [6.07, 6.45) is 0.474. The largest absolute Gasteiger partial charge is 0.456 e. The number of rotatable bonds is 10. The Morgan fingerprint density at radius 1 is 0.854 bits per heavy atom. The fourth-order valence-electron chi connectivity index (χ4n) is 3.98. The van der Waals surface area contributed by atoms with Gasteiger partial charge in [0.25, 0.3) is 11.8 Å². The van der Waals surface area contributed by atoms with Crippen LogP contribution in [0.25, 0.3) is 0 Å². The molecule has 3 aromatic carbocycles. The molecule has 1 atom stereocenters. The van der Waals surface area contributed by atoms with Crippen LogP contribution in [0.1, 0.15) is 47.9 Å². The topological polar surface area (TPSA) is 141 Å². The molecule has 212 valence electrons. The number of ether oxygens (including phenoxy) is 2. The first-order chi connectivity index (χ1) is 19.4. The highest BCUT2D eigenvalue weighted by Gasteiger charge is 2.44. The average molecular weight is 618 g/mol. The molecule has 1 aliphatic heterocycles. The quantitative estimate of drug-likeness (QED) is 0.143. The fraction of sp³-hybridized carbons (Fsp3) is 0.179. The normalized spacial score (nSPS) is 13.5. The maximum Gasteiger partial charge on any atom is 0.343 e. The van der Waals surface area contributed by atoms with Gasteiger partial charge in [-0.3, -0.25) is 19.3 Å². The standard InChI is InChI=1S/C28H21Cl2NO9S/c1-41(37,38)12-11-23(31-25(33)19-13-21(29)22(30)14-20(19)26(31)34)28(36)39-15-24(32)16-7-9-18(10-8-16)40-27(35)17-5-3-2-4-6-17/h2-10,13-14,23H,11-12,15H2,1H3/t23-/m1/s1. The van der Waals surface area contributed by atoms with Crippen LogP contribution in [0.5, 0.6) is 5.75 Å². The number of carbonyl (C=O) groups excluding carboxylic acids is 5. The van der Waals surface area contributed by atoms with Crippen molar-refractivity contribution in [2.45, 2.75) is 12.5 Å². The molecule has 0 fully saturated rings. The summed E-state index contributed by atoms with van der Waals surface area (Å²) >= 11 is 11.9. The Morgan fingerprint density at radius 3 is 1.95 bits per heavy atom. The van der Waals surface area contributed by atoms with Crippen LogP contribution in [-0.4, -0.2) is 67.5 Å². The second-order valence-corrected chi connectivity index (χ2v) is 12.1. The number of amides is 2. The molecule has 4 rings (SSSR count). The zero-order valence-electron chi connectivity index (χ0n) is 21.3. The molecule has 2 amide bonds. The van der Waals surface area contributed by atoms with E-state index in [0.29, 0.717) is 10.5 Å². The van der Waals surface area contributed by atoms with Gasteiger partial charge in [-0.1, -0.05) is 41.4 Å².